The number of nitrogens with two attached hydrogens (primary N) is 1. The van der Waals surface area contributed by atoms with E-state index in [1.165, 1.54) is 20.0 Å². The number of aryl methyl sites for hydroxylation is 1. The molecule has 2 aromatic carbocycles. The largest absolute Gasteiger partial charge is 0.494 e. The molecule has 11 heteroatoms. The molecular weight excluding hydrogens is 606 g/mol. The highest BCUT2D eigenvalue weighted by Gasteiger charge is 2.47. The molecule has 2 saturated carbocycles. The average Bonchev–Trinajstić information content (AvgIpc) is 3.36. The number of aromatic nitrogens is 5. The Morgan fingerprint density at radius 1 is 0.979 bits per heavy atom. The number of esters is 1. The number of hydrogen-bond donors (Lipinski definition) is 2. The van der Waals surface area contributed by atoms with Gasteiger partial charge in [0.2, 0.25) is 0 Å². The molecule has 3 fully saturated rings. The van der Waals surface area contributed by atoms with E-state index in [0.29, 0.717) is 40.9 Å². The van der Waals surface area contributed by atoms with Gasteiger partial charge in [-0.1, -0.05) is 6.07 Å². The molecular formula is C37H37N7O4. The molecule has 11 nitrogen and oxygen atoms in total. The Morgan fingerprint density at radius 2 is 1.83 bits per heavy atom. The first-order valence-corrected chi connectivity index (χ1v) is 16.6. The van der Waals surface area contributed by atoms with E-state index in [-0.39, 0.29) is 18.0 Å². The summed E-state index contributed by atoms with van der Waals surface area (Å²) in [7, 11) is 5.01. The van der Waals surface area contributed by atoms with Crippen molar-refractivity contribution in [2.45, 2.75) is 44.3 Å². The molecule has 9 rings (SSSR count). The Kier molecular flexibility index (Phi) is 6.45. The van der Waals surface area contributed by atoms with Gasteiger partial charge in [-0.05, 0) is 86.1 Å². The highest BCUT2D eigenvalue weighted by atomic mass is 16.5. The number of amides is 1. The highest BCUT2D eigenvalue weighted by molar-refractivity contribution is 6.01. The second-order valence-corrected chi connectivity index (χ2v) is 13.6. The number of ether oxygens (including phenoxy) is 2. The average molecular weight is 644 g/mol. The summed E-state index contributed by atoms with van der Waals surface area (Å²) in [5.41, 5.74) is 13.5. The SMILES string of the molecule is COC(=O)c1cc2cc(-c3ccc4cc(-c5nc6cc(C(=O)N7C[C@H]8CC[C@@H]7[C@@H]8N)cc(OC)c6n5C)n(CC5CC5)c4n3)ccc2[nH]1. The summed E-state index contributed by atoms with van der Waals surface area (Å²) >= 11 is 0. The fourth-order valence-electron chi connectivity index (χ4n) is 8.00. The summed E-state index contributed by atoms with van der Waals surface area (Å²) in [6, 6.07) is 18.0. The van der Waals surface area contributed by atoms with E-state index in [2.05, 4.69) is 26.3 Å². The Bertz CT molecular complexity index is 2290. The molecule has 3 aliphatic rings. The molecule has 244 valence electrons. The number of carbonyl (C=O) groups excluding carboxylic acids is 2. The summed E-state index contributed by atoms with van der Waals surface area (Å²) in [5.74, 6) is 1.97. The lowest BCUT2D eigenvalue weighted by Crippen LogP contribution is -2.41. The molecule has 1 saturated heterocycles. The van der Waals surface area contributed by atoms with Crippen LogP contribution in [0.3, 0.4) is 0 Å². The molecule has 5 heterocycles. The second kappa shape index (κ2) is 10.7. The number of rotatable bonds is 7. The van der Waals surface area contributed by atoms with Crippen molar-refractivity contribution in [2.24, 2.45) is 24.6 Å². The lowest BCUT2D eigenvalue weighted by Gasteiger charge is -2.27. The predicted octanol–water partition coefficient (Wildman–Crippen LogP) is 5.51. The Balaban J connectivity index is 1.13. The van der Waals surface area contributed by atoms with Gasteiger partial charge in [0.25, 0.3) is 5.91 Å². The topological polar surface area (TPSA) is 133 Å². The third-order valence-corrected chi connectivity index (χ3v) is 10.7. The Labute approximate surface area is 276 Å². The van der Waals surface area contributed by atoms with Crippen LogP contribution in [-0.2, 0) is 18.3 Å². The lowest BCUT2D eigenvalue weighted by atomic mass is 10.1. The third-order valence-electron chi connectivity index (χ3n) is 10.7. The highest BCUT2D eigenvalue weighted by Crippen LogP contribution is 2.40. The standard InChI is InChI=1S/C37H37N7O4/c1-42-33-27(14-24(16-31(33)47-2)36(45)44-18-22-8-11-29(44)32(22)38)41-35(42)30-15-21-7-10-25(40-34(21)43(30)17-19-4-5-19)20-6-9-26-23(12-20)13-28(39-26)37(46)48-3/h6-7,9-10,12-16,19,22,29,32,39H,4-5,8,11,17-18,38H2,1-3H3/t22-,29-,32-/m1/s1. The van der Waals surface area contributed by atoms with Crippen molar-refractivity contribution >= 4 is 44.8 Å². The normalized spacial score (nSPS) is 20.4. The van der Waals surface area contributed by atoms with E-state index in [1.54, 1.807) is 13.2 Å². The number of hydrogen-bond acceptors (Lipinski definition) is 7. The van der Waals surface area contributed by atoms with Crippen LogP contribution in [0.1, 0.15) is 46.5 Å². The molecule has 0 spiro atoms. The Hall–Kier alpha value is -5.16. The van der Waals surface area contributed by atoms with Crippen molar-refractivity contribution in [3.8, 4) is 28.5 Å². The number of pyridine rings is 1. The number of aromatic amines is 1. The van der Waals surface area contributed by atoms with Crippen molar-refractivity contribution < 1.29 is 19.1 Å². The van der Waals surface area contributed by atoms with Crippen LogP contribution in [0.25, 0.3) is 55.7 Å². The summed E-state index contributed by atoms with van der Waals surface area (Å²) in [6.07, 6.45) is 4.43. The van der Waals surface area contributed by atoms with Crippen molar-refractivity contribution in [1.29, 1.82) is 0 Å². The molecule has 1 aliphatic heterocycles. The first-order chi connectivity index (χ1) is 23.3. The molecule has 1 amide bonds. The molecule has 3 N–H and O–H groups in total. The minimum atomic E-state index is -0.400. The van der Waals surface area contributed by atoms with E-state index < -0.39 is 5.97 Å². The molecule has 3 atom stereocenters. The van der Waals surface area contributed by atoms with Gasteiger partial charge in [0, 0.05) is 59.6 Å². The van der Waals surface area contributed by atoms with Crippen LogP contribution in [0.5, 0.6) is 5.75 Å². The maximum Gasteiger partial charge on any atom is 0.354 e. The summed E-state index contributed by atoms with van der Waals surface area (Å²) in [5, 5.41) is 1.94. The molecule has 0 radical (unpaired) electrons. The van der Waals surface area contributed by atoms with Crippen LogP contribution in [0.4, 0.5) is 0 Å². The maximum absolute atomic E-state index is 13.8. The maximum atomic E-state index is 13.8. The van der Waals surface area contributed by atoms with E-state index >= 15 is 0 Å². The zero-order valence-electron chi connectivity index (χ0n) is 27.2. The van der Waals surface area contributed by atoms with E-state index in [0.717, 1.165) is 69.6 Å². The summed E-state index contributed by atoms with van der Waals surface area (Å²) in [4.78, 5) is 41.3. The van der Waals surface area contributed by atoms with Gasteiger partial charge < -0.3 is 34.2 Å². The molecule has 48 heavy (non-hydrogen) atoms. The molecule has 0 unspecified atom stereocenters. The first kappa shape index (κ1) is 29.0. The Morgan fingerprint density at radius 3 is 2.56 bits per heavy atom. The van der Waals surface area contributed by atoms with Gasteiger partial charge in [0.1, 0.15) is 22.6 Å². The lowest BCUT2D eigenvalue weighted by molar-refractivity contribution is 0.0594. The van der Waals surface area contributed by atoms with Gasteiger partial charge in [-0.15, -0.1) is 0 Å². The number of carbonyl (C=O) groups is 2. The summed E-state index contributed by atoms with van der Waals surface area (Å²) in [6.45, 7) is 1.55. The van der Waals surface area contributed by atoms with Crippen LogP contribution in [0.15, 0.2) is 54.6 Å². The van der Waals surface area contributed by atoms with Crippen molar-refractivity contribution in [2.75, 3.05) is 20.8 Å². The van der Waals surface area contributed by atoms with E-state index in [9.17, 15) is 9.59 Å². The van der Waals surface area contributed by atoms with Crippen LogP contribution in [0.2, 0.25) is 0 Å². The minimum Gasteiger partial charge on any atom is -0.494 e. The van der Waals surface area contributed by atoms with Crippen LogP contribution in [-0.4, -0.2) is 73.7 Å². The number of H-pyrrole nitrogens is 1. The second-order valence-electron chi connectivity index (χ2n) is 13.6. The van der Waals surface area contributed by atoms with Gasteiger partial charge in [-0.2, -0.15) is 0 Å². The number of benzene rings is 2. The van der Waals surface area contributed by atoms with Crippen LogP contribution < -0.4 is 10.5 Å². The first-order valence-electron chi connectivity index (χ1n) is 16.6. The van der Waals surface area contributed by atoms with E-state index in [1.807, 2.05) is 48.3 Å². The quantitative estimate of drug-likeness (QED) is 0.219. The fraction of sp³-hybridized carbons (Fsp3) is 0.351. The zero-order chi connectivity index (χ0) is 32.8. The van der Waals surface area contributed by atoms with Gasteiger partial charge >= 0.3 is 5.97 Å². The minimum absolute atomic E-state index is 0.0102. The molecule has 6 aromatic rings. The number of piperidine rings is 1. The van der Waals surface area contributed by atoms with Crippen LogP contribution in [0, 0.1) is 11.8 Å². The number of nitrogens with zero attached hydrogens (tertiary/aromatic N) is 5. The van der Waals surface area contributed by atoms with Crippen molar-refractivity contribution in [3.05, 3.63) is 65.9 Å². The zero-order valence-corrected chi connectivity index (χ0v) is 27.2. The number of likely N-dealkylation sites (tertiary alicyclic amines) is 1. The van der Waals surface area contributed by atoms with Gasteiger partial charge in [0.15, 0.2) is 5.82 Å². The smallest absolute Gasteiger partial charge is 0.354 e. The van der Waals surface area contributed by atoms with Gasteiger partial charge in [-0.3, -0.25) is 4.79 Å². The summed E-state index contributed by atoms with van der Waals surface area (Å²) < 4.78 is 15.1. The number of fused-ring (bicyclic) bond motifs is 5. The number of methoxy groups -OCH3 is 2. The monoisotopic (exact) mass is 643 g/mol. The van der Waals surface area contributed by atoms with Gasteiger partial charge in [0.05, 0.1) is 31.1 Å². The predicted molar refractivity (Wildman–Crippen MR) is 183 cm³/mol. The third kappa shape index (κ3) is 4.44. The van der Waals surface area contributed by atoms with Crippen LogP contribution >= 0.6 is 0 Å². The van der Waals surface area contributed by atoms with Crippen molar-refractivity contribution in [1.82, 2.24) is 29.0 Å². The number of imidazole rings is 1. The molecule has 2 bridgehead atoms. The van der Waals surface area contributed by atoms with E-state index in [4.69, 9.17) is 25.2 Å². The van der Waals surface area contributed by atoms with Crippen molar-refractivity contribution in [3.63, 3.8) is 0 Å². The van der Waals surface area contributed by atoms with Gasteiger partial charge in [-0.25, -0.2) is 14.8 Å². The molecule has 2 aliphatic carbocycles. The number of nitrogens with one attached hydrogen (secondary N) is 1. The molecule has 4 aromatic heterocycles. The fourth-order valence-corrected chi connectivity index (χ4v) is 8.00.